The summed E-state index contributed by atoms with van der Waals surface area (Å²) in [5.41, 5.74) is 2.17. The van der Waals surface area contributed by atoms with Crippen molar-refractivity contribution in [3.05, 3.63) is 54.2 Å². The van der Waals surface area contributed by atoms with E-state index in [-0.39, 0.29) is 0 Å². The lowest BCUT2D eigenvalue weighted by molar-refractivity contribution is 0.266. The van der Waals surface area contributed by atoms with Gasteiger partial charge < -0.3 is 14.6 Å². The fraction of sp³-hybridized carbons (Fsp3) is 0.400. The Morgan fingerprint density at radius 3 is 3.04 bits per heavy atom. The molecule has 1 saturated heterocycles. The van der Waals surface area contributed by atoms with Gasteiger partial charge in [-0.1, -0.05) is 6.07 Å². The summed E-state index contributed by atoms with van der Waals surface area (Å²) in [6.45, 7) is 5.35. The van der Waals surface area contributed by atoms with E-state index in [4.69, 9.17) is 4.42 Å². The van der Waals surface area contributed by atoms with Gasteiger partial charge in [0, 0.05) is 43.3 Å². The molecule has 0 amide bonds. The van der Waals surface area contributed by atoms with Crippen LogP contribution >= 0.6 is 0 Å². The van der Waals surface area contributed by atoms with Gasteiger partial charge in [0.25, 0.3) is 0 Å². The smallest absolute Gasteiger partial charge is 0.144 e. The summed E-state index contributed by atoms with van der Waals surface area (Å²) in [6, 6.07) is 9.24. The van der Waals surface area contributed by atoms with Crippen LogP contribution in [0.1, 0.15) is 31.1 Å². The summed E-state index contributed by atoms with van der Waals surface area (Å²) < 4.78 is 6.01. The molecule has 0 bridgehead atoms. The van der Waals surface area contributed by atoms with Gasteiger partial charge in [0.2, 0.25) is 0 Å². The molecule has 4 rings (SSSR count). The van der Waals surface area contributed by atoms with Crippen molar-refractivity contribution in [2.45, 2.75) is 38.8 Å². The van der Waals surface area contributed by atoms with Gasteiger partial charge in [-0.05, 0) is 50.1 Å². The molecule has 1 fully saturated rings. The Bertz CT molecular complexity index is 830. The molecule has 130 valence electrons. The summed E-state index contributed by atoms with van der Waals surface area (Å²) >= 11 is 0. The van der Waals surface area contributed by atoms with Crippen molar-refractivity contribution in [1.82, 2.24) is 14.9 Å². The molecular formula is C20H24N4O. The maximum atomic E-state index is 6.01. The third-order valence-corrected chi connectivity index (χ3v) is 5.00. The monoisotopic (exact) mass is 336 g/mol. The lowest BCUT2D eigenvalue weighted by atomic mass is 10.1. The topological polar surface area (TPSA) is 54.2 Å². The normalized spacial score (nSPS) is 18.0. The largest absolute Gasteiger partial charge is 0.461 e. The Hall–Kier alpha value is -2.40. The van der Waals surface area contributed by atoms with Crippen molar-refractivity contribution >= 4 is 16.8 Å². The van der Waals surface area contributed by atoms with Crippen LogP contribution in [-0.4, -0.2) is 34.0 Å². The molecule has 3 aromatic rings. The third kappa shape index (κ3) is 3.82. The summed E-state index contributed by atoms with van der Waals surface area (Å²) in [4.78, 5) is 10.9. The van der Waals surface area contributed by atoms with Crippen LogP contribution in [-0.2, 0) is 13.0 Å². The number of aromatic nitrogens is 2. The minimum absolute atomic E-state index is 0.711. The van der Waals surface area contributed by atoms with Gasteiger partial charge >= 0.3 is 0 Å². The zero-order valence-corrected chi connectivity index (χ0v) is 14.6. The molecule has 1 aliphatic rings. The quantitative estimate of drug-likeness (QED) is 0.741. The Morgan fingerprint density at radius 2 is 2.24 bits per heavy atom. The molecular weight excluding hydrogens is 312 g/mol. The average Bonchev–Trinajstić information content (AvgIpc) is 3.24. The van der Waals surface area contributed by atoms with Crippen molar-refractivity contribution in [1.29, 1.82) is 0 Å². The molecule has 0 spiro atoms. The van der Waals surface area contributed by atoms with Crippen molar-refractivity contribution in [3.63, 3.8) is 0 Å². The predicted molar refractivity (Wildman–Crippen MR) is 99.5 cm³/mol. The fourth-order valence-corrected chi connectivity index (χ4v) is 3.54. The molecule has 1 aromatic carbocycles. The standard InChI is InChI=1S/C20H24N4O/c1-15-3-2-9-24(15)10-6-18-12-17-11-16(4-5-19(17)25-18)13-23-20-14-21-7-8-22-20/h4-5,7-8,11-12,14-15H,2-3,6,9-10,13H2,1H3,(H,22,23)/t15-/m1/s1. The second kappa shape index (κ2) is 7.23. The predicted octanol–water partition coefficient (Wildman–Crippen LogP) is 3.86. The lowest BCUT2D eigenvalue weighted by Crippen LogP contribution is -2.28. The number of anilines is 1. The molecule has 0 aliphatic carbocycles. The van der Waals surface area contributed by atoms with Gasteiger partial charge in [0.1, 0.15) is 17.2 Å². The van der Waals surface area contributed by atoms with Crippen molar-refractivity contribution < 1.29 is 4.42 Å². The molecule has 3 heterocycles. The molecule has 2 aromatic heterocycles. The van der Waals surface area contributed by atoms with Gasteiger partial charge in [-0.3, -0.25) is 4.98 Å². The van der Waals surface area contributed by atoms with E-state index in [0.717, 1.165) is 36.7 Å². The molecule has 0 saturated carbocycles. The highest BCUT2D eigenvalue weighted by molar-refractivity contribution is 5.78. The molecule has 5 nitrogen and oxygen atoms in total. The van der Waals surface area contributed by atoms with E-state index in [1.54, 1.807) is 18.6 Å². The van der Waals surface area contributed by atoms with E-state index in [1.165, 1.54) is 30.3 Å². The van der Waals surface area contributed by atoms with Crippen LogP contribution in [0.3, 0.4) is 0 Å². The van der Waals surface area contributed by atoms with E-state index in [9.17, 15) is 0 Å². The first-order valence-corrected chi connectivity index (χ1v) is 9.03. The molecule has 0 unspecified atom stereocenters. The SMILES string of the molecule is C[C@@H]1CCCN1CCc1cc2cc(CNc3cnccn3)ccc2o1. The zero-order valence-electron chi connectivity index (χ0n) is 14.6. The van der Waals surface area contributed by atoms with Gasteiger partial charge in [-0.25, -0.2) is 4.98 Å². The lowest BCUT2D eigenvalue weighted by Gasteiger charge is -2.19. The third-order valence-electron chi connectivity index (χ3n) is 5.00. The second-order valence-corrected chi connectivity index (χ2v) is 6.81. The van der Waals surface area contributed by atoms with E-state index in [2.05, 4.69) is 51.4 Å². The van der Waals surface area contributed by atoms with Gasteiger partial charge in [0.15, 0.2) is 0 Å². The number of hydrogen-bond acceptors (Lipinski definition) is 5. The zero-order chi connectivity index (χ0) is 17.1. The first-order valence-electron chi connectivity index (χ1n) is 9.03. The molecule has 0 radical (unpaired) electrons. The number of likely N-dealkylation sites (tertiary alicyclic amines) is 1. The summed E-state index contributed by atoms with van der Waals surface area (Å²) in [6.07, 6.45) is 8.72. The Kier molecular flexibility index (Phi) is 4.65. The van der Waals surface area contributed by atoms with Crippen molar-refractivity contribution in [3.8, 4) is 0 Å². The number of nitrogens with zero attached hydrogens (tertiary/aromatic N) is 3. The summed E-state index contributed by atoms with van der Waals surface area (Å²) in [5, 5.41) is 4.46. The number of furan rings is 1. The number of hydrogen-bond donors (Lipinski definition) is 1. The van der Waals surface area contributed by atoms with Gasteiger partial charge in [-0.2, -0.15) is 0 Å². The molecule has 25 heavy (non-hydrogen) atoms. The van der Waals surface area contributed by atoms with E-state index >= 15 is 0 Å². The maximum Gasteiger partial charge on any atom is 0.144 e. The van der Waals surface area contributed by atoms with Gasteiger partial charge in [-0.15, -0.1) is 0 Å². The number of nitrogens with one attached hydrogen (secondary N) is 1. The fourth-order valence-electron chi connectivity index (χ4n) is 3.54. The maximum absolute atomic E-state index is 6.01. The Labute approximate surface area is 148 Å². The van der Waals surface area contributed by atoms with E-state index in [0.29, 0.717) is 6.04 Å². The molecule has 5 heteroatoms. The molecule has 1 aliphatic heterocycles. The van der Waals surface area contributed by atoms with E-state index < -0.39 is 0 Å². The second-order valence-electron chi connectivity index (χ2n) is 6.81. The van der Waals surface area contributed by atoms with Crippen LogP contribution in [0.4, 0.5) is 5.82 Å². The van der Waals surface area contributed by atoms with Crippen molar-refractivity contribution in [2.24, 2.45) is 0 Å². The summed E-state index contributed by atoms with van der Waals surface area (Å²) in [7, 11) is 0. The average molecular weight is 336 g/mol. The van der Waals surface area contributed by atoms with Crippen molar-refractivity contribution in [2.75, 3.05) is 18.4 Å². The minimum Gasteiger partial charge on any atom is -0.461 e. The van der Waals surface area contributed by atoms with E-state index in [1.807, 2.05) is 0 Å². The first-order chi connectivity index (χ1) is 12.3. The Morgan fingerprint density at radius 1 is 1.28 bits per heavy atom. The van der Waals surface area contributed by atoms with Crippen LogP contribution in [0.25, 0.3) is 11.0 Å². The van der Waals surface area contributed by atoms with Crippen LogP contribution in [0.15, 0.2) is 47.3 Å². The first kappa shape index (κ1) is 16.1. The van der Waals surface area contributed by atoms with Gasteiger partial charge in [0.05, 0.1) is 6.20 Å². The highest BCUT2D eigenvalue weighted by Crippen LogP contribution is 2.23. The number of fused-ring (bicyclic) bond motifs is 1. The Balaban J connectivity index is 1.40. The molecule has 1 N–H and O–H groups in total. The highest BCUT2D eigenvalue weighted by Gasteiger charge is 2.20. The number of rotatable bonds is 6. The number of benzene rings is 1. The highest BCUT2D eigenvalue weighted by atomic mass is 16.3. The van der Waals surface area contributed by atoms with Crippen LogP contribution < -0.4 is 5.32 Å². The minimum atomic E-state index is 0.711. The summed E-state index contributed by atoms with van der Waals surface area (Å²) in [5.74, 6) is 1.86. The van der Waals surface area contributed by atoms with Crippen LogP contribution in [0.5, 0.6) is 0 Å². The molecule has 1 atom stereocenters. The van der Waals surface area contributed by atoms with Crippen LogP contribution in [0, 0.1) is 0 Å². The van der Waals surface area contributed by atoms with Crippen LogP contribution in [0.2, 0.25) is 0 Å².